The monoisotopic (exact) mass is 913 g/mol. The van der Waals surface area contributed by atoms with Crippen LogP contribution in [0.2, 0.25) is 0 Å². The maximum Gasteiger partial charge on any atom is 0.306 e. The minimum Gasteiger partial charge on any atom is -0.462 e. The molecular weight excluding hydrogens is 817 g/mol. The Hall–Kier alpha value is -4.19. The van der Waals surface area contributed by atoms with Crippen molar-refractivity contribution in [2.75, 3.05) is 13.2 Å². The van der Waals surface area contributed by atoms with Crippen molar-refractivity contribution in [2.24, 2.45) is 0 Å². The molecule has 6 heteroatoms. The molecule has 0 aromatic heterocycles. The van der Waals surface area contributed by atoms with Crippen LogP contribution in [-0.4, -0.2) is 37.2 Å². The van der Waals surface area contributed by atoms with E-state index in [0.29, 0.717) is 19.3 Å². The third-order valence-corrected chi connectivity index (χ3v) is 10.7. The summed E-state index contributed by atoms with van der Waals surface area (Å²) in [7, 11) is 0. The van der Waals surface area contributed by atoms with Crippen LogP contribution in [0, 0.1) is 0 Å². The first-order chi connectivity index (χ1) is 32.5. The Morgan fingerprint density at radius 3 is 1.00 bits per heavy atom. The summed E-state index contributed by atoms with van der Waals surface area (Å²) >= 11 is 0. The number of rotatable bonds is 46. The molecule has 0 aliphatic heterocycles. The van der Waals surface area contributed by atoms with E-state index in [1.165, 1.54) is 51.4 Å². The summed E-state index contributed by atoms with van der Waals surface area (Å²) in [5.41, 5.74) is 0. The van der Waals surface area contributed by atoms with Gasteiger partial charge >= 0.3 is 17.9 Å². The molecule has 0 amide bonds. The average Bonchev–Trinajstić information content (AvgIpc) is 3.31. The van der Waals surface area contributed by atoms with Crippen LogP contribution in [0.4, 0.5) is 0 Å². The highest BCUT2D eigenvalue weighted by molar-refractivity contribution is 5.71. The lowest BCUT2D eigenvalue weighted by molar-refractivity contribution is -0.166. The van der Waals surface area contributed by atoms with Crippen molar-refractivity contribution in [1.82, 2.24) is 0 Å². The van der Waals surface area contributed by atoms with Gasteiger partial charge in [0.05, 0.1) is 0 Å². The van der Waals surface area contributed by atoms with Crippen molar-refractivity contribution < 1.29 is 28.6 Å². The van der Waals surface area contributed by atoms with Crippen molar-refractivity contribution in [2.45, 2.75) is 226 Å². The van der Waals surface area contributed by atoms with E-state index in [1.807, 2.05) is 12.2 Å². The number of carbonyl (C=O) groups is 3. The standard InChI is InChI=1S/C60H96O6/c1-4-7-10-13-16-19-22-24-25-26-27-28-29-30-31-32-33-34-35-37-38-41-44-47-50-53-59(62)65-56-57(55-64-58(61)52-49-46-43-40-21-18-15-12-9-6-3)66-60(63)54-51-48-45-42-39-36-23-20-17-14-11-8-5-2/h7-8,10-12,15-17,19-20,24-25,27-28,30-31,36,39,45,48,57H,4-6,9,13-14,18,21-23,26,29,32-35,37-38,40-44,46-47,49-56H2,1-3H3/b10-7-,11-8-,15-12-,19-16-,20-17-,25-24-,28-27-,31-30-,39-36-,48-45-. The van der Waals surface area contributed by atoms with Crippen molar-refractivity contribution in [3.63, 3.8) is 0 Å². The predicted molar refractivity (Wildman–Crippen MR) is 283 cm³/mol. The first-order valence-corrected chi connectivity index (χ1v) is 26.5. The van der Waals surface area contributed by atoms with Gasteiger partial charge in [0.15, 0.2) is 6.10 Å². The molecule has 0 heterocycles. The van der Waals surface area contributed by atoms with Crippen LogP contribution in [-0.2, 0) is 28.6 Å². The second-order valence-corrected chi connectivity index (χ2v) is 17.0. The highest BCUT2D eigenvalue weighted by Gasteiger charge is 2.19. The Kier molecular flexibility index (Phi) is 50.0. The second kappa shape index (κ2) is 53.4. The van der Waals surface area contributed by atoms with Gasteiger partial charge in [0, 0.05) is 19.3 Å². The van der Waals surface area contributed by atoms with E-state index in [9.17, 15) is 14.4 Å². The van der Waals surface area contributed by atoms with Crippen molar-refractivity contribution >= 4 is 17.9 Å². The number of carbonyl (C=O) groups excluding carboxylic acids is 3. The predicted octanol–water partition coefficient (Wildman–Crippen LogP) is 17.7. The Labute approximate surface area is 405 Å². The zero-order valence-corrected chi connectivity index (χ0v) is 42.4. The van der Waals surface area contributed by atoms with E-state index in [-0.39, 0.29) is 31.6 Å². The first-order valence-electron chi connectivity index (χ1n) is 26.5. The molecule has 0 fully saturated rings. The molecule has 0 aliphatic carbocycles. The molecule has 0 saturated heterocycles. The summed E-state index contributed by atoms with van der Waals surface area (Å²) in [6, 6.07) is 0. The molecule has 1 atom stereocenters. The Morgan fingerprint density at radius 1 is 0.318 bits per heavy atom. The molecule has 0 aromatic carbocycles. The minimum absolute atomic E-state index is 0.115. The van der Waals surface area contributed by atoms with Gasteiger partial charge in [-0.3, -0.25) is 14.4 Å². The second-order valence-electron chi connectivity index (χ2n) is 17.0. The van der Waals surface area contributed by atoms with Crippen LogP contribution in [0.1, 0.15) is 220 Å². The van der Waals surface area contributed by atoms with Gasteiger partial charge in [-0.15, -0.1) is 0 Å². The zero-order valence-electron chi connectivity index (χ0n) is 42.4. The largest absolute Gasteiger partial charge is 0.462 e. The maximum absolute atomic E-state index is 12.7. The van der Waals surface area contributed by atoms with E-state index in [1.54, 1.807) is 0 Å². The van der Waals surface area contributed by atoms with Gasteiger partial charge < -0.3 is 14.2 Å². The summed E-state index contributed by atoms with van der Waals surface area (Å²) in [5, 5.41) is 0. The highest BCUT2D eigenvalue weighted by Crippen LogP contribution is 2.13. The fraction of sp³-hybridized carbons (Fsp3) is 0.617. The Morgan fingerprint density at radius 2 is 0.621 bits per heavy atom. The normalized spacial score (nSPS) is 13.1. The molecule has 1 unspecified atom stereocenters. The van der Waals surface area contributed by atoms with Gasteiger partial charge in [0.1, 0.15) is 13.2 Å². The average molecular weight is 913 g/mol. The smallest absolute Gasteiger partial charge is 0.306 e. The van der Waals surface area contributed by atoms with Gasteiger partial charge in [0.2, 0.25) is 0 Å². The number of allylic oxidation sites excluding steroid dienone is 20. The zero-order chi connectivity index (χ0) is 47.9. The summed E-state index contributed by atoms with van der Waals surface area (Å²) in [6.45, 7) is 6.25. The maximum atomic E-state index is 12.7. The third kappa shape index (κ3) is 50.8. The molecule has 66 heavy (non-hydrogen) atoms. The molecule has 372 valence electrons. The molecule has 0 bridgehead atoms. The van der Waals surface area contributed by atoms with Crippen LogP contribution in [0.15, 0.2) is 122 Å². The van der Waals surface area contributed by atoms with Crippen LogP contribution in [0.5, 0.6) is 0 Å². The molecule has 0 aliphatic rings. The van der Waals surface area contributed by atoms with Crippen LogP contribution in [0.3, 0.4) is 0 Å². The number of ether oxygens (including phenoxy) is 3. The van der Waals surface area contributed by atoms with E-state index in [2.05, 4.69) is 130 Å². The molecule has 6 nitrogen and oxygen atoms in total. The van der Waals surface area contributed by atoms with Crippen LogP contribution in [0.25, 0.3) is 0 Å². The number of esters is 3. The topological polar surface area (TPSA) is 78.9 Å². The molecule has 0 aromatic rings. The third-order valence-electron chi connectivity index (χ3n) is 10.7. The number of unbranched alkanes of at least 4 members (excludes halogenated alkanes) is 15. The van der Waals surface area contributed by atoms with Crippen LogP contribution < -0.4 is 0 Å². The highest BCUT2D eigenvalue weighted by atomic mass is 16.6. The quantitative estimate of drug-likeness (QED) is 0.0262. The molecule has 0 rings (SSSR count). The Bertz CT molecular complexity index is 1420. The fourth-order valence-corrected chi connectivity index (χ4v) is 6.78. The number of hydrogen-bond donors (Lipinski definition) is 0. The molecule has 0 radical (unpaired) electrons. The van der Waals surface area contributed by atoms with Crippen molar-refractivity contribution in [3.05, 3.63) is 122 Å². The van der Waals surface area contributed by atoms with Gasteiger partial charge in [-0.25, -0.2) is 0 Å². The minimum atomic E-state index is -0.823. The molecular formula is C60H96O6. The summed E-state index contributed by atoms with van der Waals surface area (Å²) < 4.78 is 16.7. The fourth-order valence-electron chi connectivity index (χ4n) is 6.78. The van der Waals surface area contributed by atoms with Crippen molar-refractivity contribution in [3.8, 4) is 0 Å². The molecule has 0 saturated carbocycles. The summed E-state index contributed by atoms with van der Waals surface area (Å²) in [5.74, 6) is -1.02. The van der Waals surface area contributed by atoms with E-state index in [0.717, 1.165) is 122 Å². The van der Waals surface area contributed by atoms with Crippen molar-refractivity contribution in [1.29, 1.82) is 0 Å². The van der Waals surface area contributed by atoms with Gasteiger partial charge in [0.25, 0.3) is 0 Å². The lowest BCUT2D eigenvalue weighted by Gasteiger charge is -2.18. The SMILES string of the molecule is CC/C=C\C/C=C\C/C=C\C/C=C\C/C=C\CCCCCCCCCCCC(=O)OCC(COC(=O)CCCCCCC/C=C\CCC)OC(=O)CC/C=C\C/C=C\C/C=C\C/C=C\CC. The van der Waals surface area contributed by atoms with E-state index in [4.69, 9.17) is 14.2 Å². The lowest BCUT2D eigenvalue weighted by atomic mass is 10.1. The lowest BCUT2D eigenvalue weighted by Crippen LogP contribution is -2.30. The first kappa shape index (κ1) is 61.8. The molecule has 0 spiro atoms. The number of hydrogen-bond acceptors (Lipinski definition) is 6. The van der Waals surface area contributed by atoms with Crippen LogP contribution >= 0.6 is 0 Å². The summed E-state index contributed by atoms with van der Waals surface area (Å²) in [4.78, 5) is 37.9. The van der Waals surface area contributed by atoms with Gasteiger partial charge in [-0.1, -0.05) is 213 Å². The van der Waals surface area contributed by atoms with Gasteiger partial charge in [-0.2, -0.15) is 0 Å². The Balaban J connectivity index is 4.34. The van der Waals surface area contributed by atoms with Gasteiger partial charge in [-0.05, 0) is 109 Å². The summed E-state index contributed by atoms with van der Waals surface area (Å²) in [6.07, 6.45) is 73.5. The van der Waals surface area contributed by atoms with E-state index >= 15 is 0 Å². The molecule has 0 N–H and O–H groups in total. The van der Waals surface area contributed by atoms with E-state index < -0.39 is 12.1 Å².